The number of hydrogen-bond acceptors (Lipinski definition) is 6. The number of methoxy groups -OCH3 is 2. The second-order valence-electron chi connectivity index (χ2n) is 9.52. The van der Waals surface area contributed by atoms with E-state index >= 15 is 0 Å². The van der Waals surface area contributed by atoms with Gasteiger partial charge in [-0.05, 0) is 54.8 Å². The van der Waals surface area contributed by atoms with Gasteiger partial charge in [0.2, 0.25) is 11.8 Å². The summed E-state index contributed by atoms with van der Waals surface area (Å²) < 4.78 is 18.4. The fourth-order valence-corrected chi connectivity index (χ4v) is 4.94. The van der Waals surface area contributed by atoms with Gasteiger partial charge in [-0.2, -0.15) is 9.78 Å². The van der Waals surface area contributed by atoms with Crippen LogP contribution in [0, 0.1) is 5.92 Å². The molecule has 1 fully saturated rings. The van der Waals surface area contributed by atoms with Crippen LogP contribution in [0.25, 0.3) is 28.1 Å². The van der Waals surface area contributed by atoms with Crippen molar-refractivity contribution in [1.82, 2.24) is 9.78 Å². The molecule has 5 rings (SSSR count). The third-order valence-electron chi connectivity index (χ3n) is 6.88. The van der Waals surface area contributed by atoms with Crippen molar-refractivity contribution >= 4 is 17.6 Å². The number of esters is 1. The molecule has 1 aliphatic carbocycles. The number of aromatic nitrogens is 2. The number of hydrogen-bond donors (Lipinski definition) is 1. The summed E-state index contributed by atoms with van der Waals surface area (Å²) in [5.41, 5.74) is 4.14. The first kappa shape index (κ1) is 26.0. The van der Waals surface area contributed by atoms with Crippen molar-refractivity contribution in [2.24, 2.45) is 5.92 Å². The number of anilines is 1. The van der Waals surface area contributed by atoms with Gasteiger partial charge in [0.1, 0.15) is 17.2 Å². The molecular formula is C31H31N3O5. The normalized spacial score (nSPS) is 13.2. The third kappa shape index (κ3) is 5.65. The predicted molar refractivity (Wildman–Crippen MR) is 149 cm³/mol. The molecule has 1 aliphatic rings. The van der Waals surface area contributed by atoms with E-state index in [2.05, 4.69) is 5.32 Å². The van der Waals surface area contributed by atoms with Gasteiger partial charge in [-0.25, -0.2) is 0 Å². The van der Waals surface area contributed by atoms with E-state index < -0.39 is 5.97 Å². The Balaban J connectivity index is 1.65. The lowest BCUT2D eigenvalue weighted by atomic mass is 10.00. The summed E-state index contributed by atoms with van der Waals surface area (Å²) in [6.07, 6.45) is 4.06. The standard InChI is InChI=1S/C31H31N3O5/c1-20(35)39-31-28(21-13-15-24(16-14-21)32-30(36)22-9-7-8-10-22)29(33-34(31)25-11-5-4-6-12-25)23-17-26(37-2)19-27(18-23)38-3/h4-6,11-19,22H,7-10H2,1-3H3,(H,32,36). The summed E-state index contributed by atoms with van der Waals surface area (Å²) in [7, 11) is 3.18. The summed E-state index contributed by atoms with van der Waals surface area (Å²) in [5.74, 6) is 1.14. The van der Waals surface area contributed by atoms with Gasteiger partial charge >= 0.3 is 5.97 Å². The van der Waals surface area contributed by atoms with Crippen molar-refractivity contribution in [2.45, 2.75) is 32.6 Å². The Morgan fingerprint density at radius 1 is 0.872 bits per heavy atom. The molecule has 1 heterocycles. The van der Waals surface area contributed by atoms with Crippen LogP contribution in [0.5, 0.6) is 17.4 Å². The van der Waals surface area contributed by atoms with Crippen LogP contribution in [0.3, 0.4) is 0 Å². The molecule has 3 aromatic carbocycles. The van der Waals surface area contributed by atoms with E-state index in [4.69, 9.17) is 19.3 Å². The van der Waals surface area contributed by atoms with E-state index in [0.29, 0.717) is 28.4 Å². The summed E-state index contributed by atoms with van der Waals surface area (Å²) in [5, 5.41) is 7.95. The molecule has 39 heavy (non-hydrogen) atoms. The number of carbonyl (C=O) groups is 2. The number of ether oxygens (including phenoxy) is 3. The van der Waals surface area contributed by atoms with E-state index in [0.717, 1.165) is 42.5 Å². The first-order chi connectivity index (χ1) is 19.0. The highest BCUT2D eigenvalue weighted by Gasteiger charge is 2.26. The van der Waals surface area contributed by atoms with Crippen molar-refractivity contribution in [3.63, 3.8) is 0 Å². The number of amides is 1. The Hall–Kier alpha value is -4.59. The van der Waals surface area contributed by atoms with E-state index in [-0.39, 0.29) is 17.7 Å². The van der Waals surface area contributed by atoms with E-state index in [9.17, 15) is 9.59 Å². The highest BCUT2D eigenvalue weighted by molar-refractivity contribution is 5.94. The number of para-hydroxylation sites is 1. The molecule has 8 heteroatoms. The Morgan fingerprint density at radius 2 is 1.51 bits per heavy atom. The lowest BCUT2D eigenvalue weighted by Gasteiger charge is -2.12. The van der Waals surface area contributed by atoms with Gasteiger partial charge in [0.25, 0.3) is 0 Å². The predicted octanol–water partition coefficient (Wildman–Crippen LogP) is 6.28. The van der Waals surface area contributed by atoms with Crippen LogP contribution in [0.15, 0.2) is 72.8 Å². The second kappa shape index (κ2) is 11.4. The Kier molecular flexibility index (Phi) is 7.63. The number of nitrogens with zero attached hydrogens (tertiary/aromatic N) is 2. The fraction of sp³-hybridized carbons (Fsp3) is 0.258. The first-order valence-corrected chi connectivity index (χ1v) is 13.0. The maximum Gasteiger partial charge on any atom is 0.309 e. The van der Waals surface area contributed by atoms with E-state index in [1.807, 2.05) is 66.7 Å². The minimum absolute atomic E-state index is 0.0573. The van der Waals surface area contributed by atoms with Crippen LogP contribution in [-0.2, 0) is 9.59 Å². The van der Waals surface area contributed by atoms with Gasteiger partial charge in [-0.15, -0.1) is 0 Å². The molecule has 0 saturated heterocycles. The monoisotopic (exact) mass is 525 g/mol. The topological polar surface area (TPSA) is 91.7 Å². The molecule has 0 spiro atoms. The van der Waals surface area contributed by atoms with Crippen molar-refractivity contribution in [3.8, 4) is 45.5 Å². The van der Waals surface area contributed by atoms with Crippen LogP contribution >= 0.6 is 0 Å². The number of carbonyl (C=O) groups excluding carboxylic acids is 2. The molecule has 8 nitrogen and oxygen atoms in total. The number of rotatable bonds is 8. The fourth-order valence-electron chi connectivity index (χ4n) is 4.94. The molecule has 1 aromatic heterocycles. The van der Waals surface area contributed by atoms with Crippen LogP contribution in [-0.4, -0.2) is 35.9 Å². The maximum atomic E-state index is 12.7. The molecular weight excluding hydrogens is 494 g/mol. The molecule has 200 valence electrons. The first-order valence-electron chi connectivity index (χ1n) is 13.0. The molecule has 0 atom stereocenters. The van der Waals surface area contributed by atoms with Crippen LogP contribution in [0.1, 0.15) is 32.6 Å². The van der Waals surface area contributed by atoms with E-state index in [1.165, 1.54) is 6.92 Å². The molecule has 1 N–H and O–H groups in total. The van der Waals surface area contributed by atoms with Crippen LogP contribution < -0.4 is 19.5 Å². The Bertz CT molecular complexity index is 1450. The Labute approximate surface area is 227 Å². The van der Waals surface area contributed by atoms with Crippen molar-refractivity contribution < 1.29 is 23.8 Å². The highest BCUT2D eigenvalue weighted by atomic mass is 16.5. The minimum Gasteiger partial charge on any atom is -0.497 e. The molecule has 1 amide bonds. The number of benzene rings is 3. The number of nitrogens with one attached hydrogen (secondary N) is 1. The third-order valence-corrected chi connectivity index (χ3v) is 6.88. The molecule has 0 unspecified atom stereocenters. The van der Waals surface area contributed by atoms with Crippen LogP contribution in [0.4, 0.5) is 5.69 Å². The van der Waals surface area contributed by atoms with Crippen LogP contribution in [0.2, 0.25) is 0 Å². The van der Waals surface area contributed by atoms with Crippen molar-refractivity contribution in [3.05, 3.63) is 72.8 Å². The lowest BCUT2D eigenvalue weighted by molar-refractivity contribution is -0.132. The summed E-state index contributed by atoms with van der Waals surface area (Å²) in [6, 6.07) is 22.5. The second-order valence-corrected chi connectivity index (χ2v) is 9.52. The molecule has 0 aliphatic heterocycles. The molecule has 4 aromatic rings. The zero-order valence-corrected chi connectivity index (χ0v) is 22.3. The summed E-state index contributed by atoms with van der Waals surface area (Å²) in [4.78, 5) is 24.9. The maximum absolute atomic E-state index is 12.7. The SMILES string of the molecule is COc1cc(OC)cc(-c2nn(-c3ccccc3)c(OC(C)=O)c2-c2ccc(NC(=O)C3CCCC3)cc2)c1. The lowest BCUT2D eigenvalue weighted by Crippen LogP contribution is -2.20. The van der Waals surface area contributed by atoms with Gasteiger partial charge in [-0.3, -0.25) is 9.59 Å². The van der Waals surface area contributed by atoms with Gasteiger partial charge in [0, 0.05) is 30.2 Å². The summed E-state index contributed by atoms with van der Waals surface area (Å²) in [6.45, 7) is 1.36. The van der Waals surface area contributed by atoms with E-state index in [1.54, 1.807) is 25.0 Å². The minimum atomic E-state index is -0.469. The van der Waals surface area contributed by atoms with Crippen molar-refractivity contribution in [1.29, 1.82) is 0 Å². The zero-order chi connectivity index (χ0) is 27.4. The Morgan fingerprint density at radius 3 is 2.10 bits per heavy atom. The van der Waals surface area contributed by atoms with Gasteiger partial charge in [-0.1, -0.05) is 43.2 Å². The highest BCUT2D eigenvalue weighted by Crippen LogP contribution is 2.43. The molecule has 0 bridgehead atoms. The quantitative estimate of drug-likeness (QED) is 0.272. The van der Waals surface area contributed by atoms with Crippen molar-refractivity contribution in [2.75, 3.05) is 19.5 Å². The largest absolute Gasteiger partial charge is 0.497 e. The van der Waals surface area contributed by atoms with Gasteiger partial charge in [0.05, 0.1) is 25.5 Å². The summed E-state index contributed by atoms with van der Waals surface area (Å²) >= 11 is 0. The smallest absolute Gasteiger partial charge is 0.309 e. The van der Waals surface area contributed by atoms with Gasteiger partial charge < -0.3 is 19.5 Å². The average Bonchev–Trinajstić information content (AvgIpc) is 3.62. The van der Waals surface area contributed by atoms with Gasteiger partial charge in [0.15, 0.2) is 0 Å². The molecule has 0 radical (unpaired) electrons. The average molecular weight is 526 g/mol. The molecule has 1 saturated carbocycles. The zero-order valence-electron chi connectivity index (χ0n) is 22.3.